The van der Waals surface area contributed by atoms with Crippen molar-refractivity contribution in [3.8, 4) is 0 Å². The summed E-state index contributed by atoms with van der Waals surface area (Å²) in [5, 5.41) is 2.86. The Morgan fingerprint density at radius 2 is 2.18 bits per heavy atom. The van der Waals surface area contributed by atoms with Crippen LogP contribution >= 0.6 is 11.6 Å². The van der Waals surface area contributed by atoms with E-state index in [4.69, 9.17) is 11.6 Å². The zero-order valence-corrected chi connectivity index (χ0v) is 11.3. The smallest absolute Gasteiger partial charge is 0.228 e. The third-order valence-corrected chi connectivity index (χ3v) is 2.84. The molecule has 0 fully saturated rings. The van der Waals surface area contributed by atoms with Crippen molar-refractivity contribution in [2.75, 3.05) is 25.3 Å². The van der Waals surface area contributed by atoms with Gasteiger partial charge in [0.15, 0.2) is 0 Å². The quantitative estimate of drug-likeness (QED) is 0.819. The second-order valence-electron chi connectivity index (χ2n) is 4.48. The second-order valence-corrected chi connectivity index (χ2v) is 4.79. The number of hydrogen-bond acceptors (Lipinski definition) is 2. The standard InChI is InChI=1S/C13H19ClN2O/c1-10(8-14)13(17)15-12-6-4-5-11(7-12)9-16(2)3/h4-7,10H,8-9H2,1-3H3,(H,15,17). The van der Waals surface area contributed by atoms with Gasteiger partial charge in [-0.3, -0.25) is 4.79 Å². The summed E-state index contributed by atoms with van der Waals surface area (Å²) in [7, 11) is 4.03. The maximum Gasteiger partial charge on any atom is 0.228 e. The Balaban J connectivity index is 2.68. The number of amides is 1. The van der Waals surface area contributed by atoms with Gasteiger partial charge in [0.2, 0.25) is 5.91 Å². The van der Waals surface area contributed by atoms with Crippen LogP contribution in [0.4, 0.5) is 5.69 Å². The van der Waals surface area contributed by atoms with Crippen LogP contribution in [0.15, 0.2) is 24.3 Å². The van der Waals surface area contributed by atoms with Crippen molar-refractivity contribution < 1.29 is 4.79 Å². The van der Waals surface area contributed by atoms with Crippen LogP contribution in [0.1, 0.15) is 12.5 Å². The predicted octanol–water partition coefficient (Wildman–Crippen LogP) is 2.56. The lowest BCUT2D eigenvalue weighted by Crippen LogP contribution is -2.21. The summed E-state index contributed by atoms with van der Waals surface area (Å²) < 4.78 is 0. The van der Waals surface area contributed by atoms with Gasteiger partial charge in [-0.15, -0.1) is 11.6 Å². The first-order chi connectivity index (χ1) is 8.02. The third kappa shape index (κ3) is 4.75. The SMILES string of the molecule is CC(CCl)C(=O)Nc1cccc(CN(C)C)c1. The highest BCUT2D eigenvalue weighted by Gasteiger charge is 2.11. The largest absolute Gasteiger partial charge is 0.326 e. The Kier molecular flexibility index (Phi) is 5.45. The molecule has 0 saturated carbocycles. The number of nitrogens with zero attached hydrogens (tertiary/aromatic N) is 1. The predicted molar refractivity (Wildman–Crippen MR) is 72.3 cm³/mol. The molecule has 1 aromatic rings. The van der Waals surface area contributed by atoms with E-state index >= 15 is 0 Å². The monoisotopic (exact) mass is 254 g/mol. The molecule has 1 unspecified atom stereocenters. The van der Waals surface area contributed by atoms with E-state index in [0.717, 1.165) is 12.2 Å². The van der Waals surface area contributed by atoms with Crippen LogP contribution < -0.4 is 5.32 Å². The number of halogens is 1. The Bertz CT molecular complexity index is 379. The molecule has 1 aromatic carbocycles. The van der Waals surface area contributed by atoms with Crippen LogP contribution in [-0.4, -0.2) is 30.8 Å². The van der Waals surface area contributed by atoms with Gasteiger partial charge in [0, 0.05) is 24.0 Å². The van der Waals surface area contributed by atoms with E-state index < -0.39 is 0 Å². The van der Waals surface area contributed by atoms with E-state index in [2.05, 4.69) is 10.2 Å². The van der Waals surface area contributed by atoms with E-state index in [9.17, 15) is 4.79 Å². The lowest BCUT2D eigenvalue weighted by Gasteiger charge is -2.12. The van der Waals surface area contributed by atoms with Gasteiger partial charge in [0.05, 0.1) is 0 Å². The number of benzene rings is 1. The van der Waals surface area contributed by atoms with Gasteiger partial charge in [0.1, 0.15) is 0 Å². The van der Waals surface area contributed by atoms with Crippen LogP contribution in [0.2, 0.25) is 0 Å². The van der Waals surface area contributed by atoms with Gasteiger partial charge >= 0.3 is 0 Å². The first kappa shape index (κ1) is 14.0. The number of alkyl halides is 1. The molecule has 17 heavy (non-hydrogen) atoms. The minimum Gasteiger partial charge on any atom is -0.326 e. The molecule has 0 saturated heterocycles. The number of rotatable bonds is 5. The highest BCUT2D eigenvalue weighted by atomic mass is 35.5. The van der Waals surface area contributed by atoms with Crippen molar-refractivity contribution >= 4 is 23.2 Å². The molecule has 4 heteroatoms. The molecule has 0 spiro atoms. The van der Waals surface area contributed by atoms with Crippen LogP contribution in [0, 0.1) is 5.92 Å². The fourth-order valence-corrected chi connectivity index (χ4v) is 1.59. The lowest BCUT2D eigenvalue weighted by molar-refractivity contribution is -0.118. The van der Waals surface area contributed by atoms with E-state index in [1.54, 1.807) is 0 Å². The second kappa shape index (κ2) is 6.62. The zero-order chi connectivity index (χ0) is 12.8. The molecule has 94 valence electrons. The zero-order valence-electron chi connectivity index (χ0n) is 10.5. The highest BCUT2D eigenvalue weighted by Crippen LogP contribution is 2.13. The molecule has 0 aliphatic carbocycles. The van der Waals surface area contributed by atoms with Crippen molar-refractivity contribution in [1.82, 2.24) is 4.90 Å². The Morgan fingerprint density at radius 3 is 2.76 bits per heavy atom. The van der Waals surface area contributed by atoms with Crippen LogP contribution in [-0.2, 0) is 11.3 Å². The van der Waals surface area contributed by atoms with Crippen molar-refractivity contribution in [3.63, 3.8) is 0 Å². The van der Waals surface area contributed by atoms with E-state index in [0.29, 0.717) is 5.88 Å². The topological polar surface area (TPSA) is 32.3 Å². The molecule has 0 aliphatic heterocycles. The van der Waals surface area contributed by atoms with E-state index in [1.807, 2.05) is 45.3 Å². The van der Waals surface area contributed by atoms with Crippen molar-refractivity contribution in [1.29, 1.82) is 0 Å². The van der Waals surface area contributed by atoms with Crippen molar-refractivity contribution in [3.05, 3.63) is 29.8 Å². The summed E-state index contributed by atoms with van der Waals surface area (Å²) in [6.45, 7) is 2.67. The van der Waals surface area contributed by atoms with Crippen LogP contribution in [0.3, 0.4) is 0 Å². The molecule has 1 amide bonds. The minimum absolute atomic E-state index is 0.0398. The molecule has 0 bridgehead atoms. The Morgan fingerprint density at radius 1 is 1.47 bits per heavy atom. The van der Waals surface area contributed by atoms with Crippen LogP contribution in [0.5, 0.6) is 0 Å². The highest BCUT2D eigenvalue weighted by molar-refractivity contribution is 6.19. The fourth-order valence-electron chi connectivity index (χ4n) is 1.45. The van der Waals surface area contributed by atoms with Gasteiger partial charge in [-0.05, 0) is 31.8 Å². The van der Waals surface area contributed by atoms with Gasteiger partial charge < -0.3 is 10.2 Å². The first-order valence-electron chi connectivity index (χ1n) is 5.63. The molecule has 1 N–H and O–H groups in total. The summed E-state index contributed by atoms with van der Waals surface area (Å²) >= 11 is 5.65. The number of hydrogen-bond donors (Lipinski definition) is 1. The average Bonchev–Trinajstić information content (AvgIpc) is 2.27. The van der Waals surface area contributed by atoms with Gasteiger partial charge in [-0.1, -0.05) is 19.1 Å². The number of carbonyl (C=O) groups excluding carboxylic acids is 1. The van der Waals surface area contributed by atoms with Crippen molar-refractivity contribution in [2.45, 2.75) is 13.5 Å². The van der Waals surface area contributed by atoms with Gasteiger partial charge in [0.25, 0.3) is 0 Å². The first-order valence-corrected chi connectivity index (χ1v) is 6.17. The summed E-state index contributed by atoms with van der Waals surface area (Å²) in [6, 6.07) is 7.86. The summed E-state index contributed by atoms with van der Waals surface area (Å²) in [6.07, 6.45) is 0. The van der Waals surface area contributed by atoms with E-state index in [1.165, 1.54) is 5.56 Å². The number of nitrogens with one attached hydrogen (secondary N) is 1. The maximum absolute atomic E-state index is 11.7. The molecule has 1 atom stereocenters. The van der Waals surface area contributed by atoms with Crippen LogP contribution in [0.25, 0.3) is 0 Å². The molecule has 3 nitrogen and oxygen atoms in total. The van der Waals surface area contributed by atoms with Crippen molar-refractivity contribution in [2.24, 2.45) is 5.92 Å². The molecule has 0 radical (unpaired) electrons. The molecular weight excluding hydrogens is 236 g/mol. The molecular formula is C13H19ClN2O. The molecule has 0 aromatic heterocycles. The Hall–Kier alpha value is -1.06. The number of anilines is 1. The summed E-state index contributed by atoms with van der Waals surface area (Å²) in [5.41, 5.74) is 2.00. The fraction of sp³-hybridized carbons (Fsp3) is 0.462. The molecule has 1 rings (SSSR count). The minimum atomic E-state index is -0.172. The molecule has 0 aliphatic rings. The summed E-state index contributed by atoms with van der Waals surface area (Å²) in [4.78, 5) is 13.8. The third-order valence-electron chi connectivity index (χ3n) is 2.37. The van der Waals surface area contributed by atoms with Gasteiger partial charge in [-0.25, -0.2) is 0 Å². The van der Waals surface area contributed by atoms with E-state index in [-0.39, 0.29) is 11.8 Å². The molecule has 0 heterocycles. The Labute approximate surface area is 108 Å². The van der Waals surface area contributed by atoms with Gasteiger partial charge in [-0.2, -0.15) is 0 Å². The average molecular weight is 255 g/mol. The number of carbonyl (C=O) groups is 1. The maximum atomic E-state index is 11.7. The normalized spacial score (nSPS) is 12.5. The lowest BCUT2D eigenvalue weighted by atomic mass is 10.1. The summed E-state index contributed by atoms with van der Waals surface area (Å²) in [5.74, 6) is 0.125.